The Morgan fingerprint density at radius 3 is 2.61 bits per heavy atom. The molecular formula is C18H26O5. The van der Waals surface area contributed by atoms with Crippen LogP contribution in [-0.4, -0.2) is 50.3 Å². The molecule has 0 unspecified atom stereocenters. The van der Waals surface area contributed by atoms with Gasteiger partial charge in [0.15, 0.2) is 0 Å². The Bertz CT molecular complexity index is 480. The van der Waals surface area contributed by atoms with Crippen LogP contribution in [0.1, 0.15) is 37.4 Å². The lowest BCUT2D eigenvalue weighted by atomic mass is 10.0. The summed E-state index contributed by atoms with van der Waals surface area (Å²) in [6.45, 7) is 0.951. The van der Waals surface area contributed by atoms with Gasteiger partial charge in [0, 0.05) is 12.7 Å². The van der Waals surface area contributed by atoms with Gasteiger partial charge in [0.2, 0.25) is 0 Å². The van der Waals surface area contributed by atoms with Gasteiger partial charge in [-0.05, 0) is 31.7 Å². The lowest BCUT2D eigenvalue weighted by Crippen LogP contribution is -2.32. The SMILES string of the molecule is COCCOc1ccccc1[C@H](CO)OC1C[C@H]2CC[C@H](C1)O2. The normalized spacial score (nSPS) is 27.8. The number of ether oxygens (including phenoxy) is 4. The Morgan fingerprint density at radius 2 is 1.91 bits per heavy atom. The summed E-state index contributed by atoms with van der Waals surface area (Å²) in [5.74, 6) is 0.749. The highest BCUT2D eigenvalue weighted by atomic mass is 16.5. The first-order valence-electron chi connectivity index (χ1n) is 8.42. The van der Waals surface area contributed by atoms with Gasteiger partial charge in [-0.3, -0.25) is 0 Å². The molecule has 1 aromatic rings. The smallest absolute Gasteiger partial charge is 0.125 e. The zero-order valence-corrected chi connectivity index (χ0v) is 13.6. The number of para-hydroxylation sites is 1. The van der Waals surface area contributed by atoms with E-state index in [1.165, 1.54) is 0 Å². The van der Waals surface area contributed by atoms with Crippen LogP contribution in [0.5, 0.6) is 5.75 Å². The van der Waals surface area contributed by atoms with Crippen molar-refractivity contribution < 1.29 is 24.1 Å². The zero-order valence-electron chi connectivity index (χ0n) is 13.6. The molecule has 0 saturated carbocycles. The molecule has 2 bridgehead atoms. The van der Waals surface area contributed by atoms with Gasteiger partial charge >= 0.3 is 0 Å². The van der Waals surface area contributed by atoms with E-state index in [0.717, 1.165) is 37.0 Å². The maximum absolute atomic E-state index is 9.82. The Labute approximate surface area is 137 Å². The first-order valence-corrected chi connectivity index (χ1v) is 8.42. The van der Waals surface area contributed by atoms with Crippen molar-refractivity contribution in [1.82, 2.24) is 0 Å². The maximum Gasteiger partial charge on any atom is 0.125 e. The minimum Gasteiger partial charge on any atom is -0.491 e. The molecule has 2 aliphatic heterocycles. The lowest BCUT2D eigenvalue weighted by molar-refractivity contribution is -0.115. The predicted molar refractivity (Wildman–Crippen MR) is 85.6 cm³/mol. The van der Waals surface area contributed by atoms with Crippen molar-refractivity contribution in [1.29, 1.82) is 0 Å². The number of aliphatic hydroxyl groups is 1. The molecule has 2 fully saturated rings. The van der Waals surface area contributed by atoms with Crippen molar-refractivity contribution in [2.75, 3.05) is 26.9 Å². The fraction of sp³-hybridized carbons (Fsp3) is 0.667. The van der Waals surface area contributed by atoms with E-state index in [0.29, 0.717) is 25.4 Å². The monoisotopic (exact) mass is 322 g/mol. The van der Waals surface area contributed by atoms with Gasteiger partial charge in [-0.15, -0.1) is 0 Å². The molecule has 2 heterocycles. The number of aliphatic hydroxyl groups excluding tert-OH is 1. The maximum atomic E-state index is 9.82. The summed E-state index contributed by atoms with van der Waals surface area (Å²) >= 11 is 0. The molecule has 0 aromatic heterocycles. The number of hydrogen-bond acceptors (Lipinski definition) is 5. The van der Waals surface area contributed by atoms with E-state index in [2.05, 4.69) is 0 Å². The summed E-state index contributed by atoms with van der Waals surface area (Å²) in [6.07, 6.45) is 4.52. The molecule has 5 nitrogen and oxygen atoms in total. The molecule has 1 N–H and O–H groups in total. The highest BCUT2D eigenvalue weighted by molar-refractivity contribution is 5.35. The number of fused-ring (bicyclic) bond motifs is 2. The van der Waals surface area contributed by atoms with Crippen LogP contribution < -0.4 is 4.74 Å². The van der Waals surface area contributed by atoms with Crippen molar-refractivity contribution in [2.45, 2.75) is 50.1 Å². The van der Waals surface area contributed by atoms with Crippen LogP contribution >= 0.6 is 0 Å². The van der Waals surface area contributed by atoms with E-state index in [4.69, 9.17) is 18.9 Å². The van der Waals surface area contributed by atoms with E-state index in [9.17, 15) is 5.11 Å². The van der Waals surface area contributed by atoms with Crippen LogP contribution in [0.2, 0.25) is 0 Å². The van der Waals surface area contributed by atoms with E-state index < -0.39 is 0 Å². The van der Waals surface area contributed by atoms with E-state index >= 15 is 0 Å². The molecule has 2 saturated heterocycles. The number of benzene rings is 1. The first-order chi connectivity index (χ1) is 11.3. The number of methoxy groups -OCH3 is 1. The van der Waals surface area contributed by atoms with Gasteiger partial charge in [0.05, 0.1) is 31.5 Å². The molecule has 0 aliphatic carbocycles. The predicted octanol–water partition coefficient (Wildman–Crippen LogP) is 2.47. The third kappa shape index (κ3) is 4.23. The van der Waals surface area contributed by atoms with Gasteiger partial charge in [0.25, 0.3) is 0 Å². The summed E-state index contributed by atoms with van der Waals surface area (Å²) in [7, 11) is 1.65. The fourth-order valence-electron chi connectivity index (χ4n) is 3.48. The second-order valence-electron chi connectivity index (χ2n) is 6.24. The Hall–Kier alpha value is -1.14. The number of hydrogen-bond donors (Lipinski definition) is 1. The van der Waals surface area contributed by atoms with Crippen molar-refractivity contribution in [3.8, 4) is 5.75 Å². The molecule has 2 aliphatic rings. The summed E-state index contributed by atoms with van der Waals surface area (Å²) in [4.78, 5) is 0. The van der Waals surface area contributed by atoms with Crippen molar-refractivity contribution >= 4 is 0 Å². The third-order valence-electron chi connectivity index (χ3n) is 4.58. The molecule has 1 aromatic carbocycles. The van der Waals surface area contributed by atoms with Gasteiger partial charge in [-0.2, -0.15) is 0 Å². The van der Waals surface area contributed by atoms with Crippen LogP contribution in [0.3, 0.4) is 0 Å². The molecule has 23 heavy (non-hydrogen) atoms. The third-order valence-corrected chi connectivity index (χ3v) is 4.58. The molecule has 0 radical (unpaired) electrons. The van der Waals surface area contributed by atoms with E-state index in [1.807, 2.05) is 24.3 Å². The molecule has 5 heteroatoms. The first kappa shape index (κ1) is 16.7. The van der Waals surface area contributed by atoms with Crippen LogP contribution in [-0.2, 0) is 14.2 Å². The Kier molecular flexibility index (Phi) is 5.89. The van der Waals surface area contributed by atoms with Gasteiger partial charge in [0.1, 0.15) is 18.5 Å². The van der Waals surface area contributed by atoms with Crippen LogP contribution in [0.4, 0.5) is 0 Å². The average Bonchev–Trinajstić information content (AvgIpc) is 2.92. The van der Waals surface area contributed by atoms with Crippen LogP contribution in [0.15, 0.2) is 24.3 Å². The molecule has 0 amide bonds. The summed E-state index contributed by atoms with van der Waals surface area (Å²) < 4.78 is 22.9. The van der Waals surface area contributed by atoms with E-state index in [-0.39, 0.29) is 18.8 Å². The topological polar surface area (TPSA) is 57.2 Å². The molecule has 3 atom stereocenters. The lowest BCUT2D eigenvalue weighted by Gasteiger charge is -2.31. The minimum atomic E-state index is -0.365. The largest absolute Gasteiger partial charge is 0.491 e. The summed E-state index contributed by atoms with van der Waals surface area (Å²) in [5.41, 5.74) is 0.893. The number of rotatable bonds is 8. The average molecular weight is 322 g/mol. The van der Waals surface area contributed by atoms with Crippen molar-refractivity contribution in [3.63, 3.8) is 0 Å². The van der Waals surface area contributed by atoms with Gasteiger partial charge < -0.3 is 24.1 Å². The zero-order chi connectivity index (χ0) is 16.1. The highest BCUT2D eigenvalue weighted by Crippen LogP contribution is 2.37. The van der Waals surface area contributed by atoms with Crippen molar-refractivity contribution in [2.24, 2.45) is 0 Å². The standard InChI is InChI=1S/C18H26O5/c1-20-8-9-21-17-5-3-2-4-16(17)18(12-19)23-15-10-13-6-7-14(11-15)22-13/h2-5,13-15,18-19H,6-12H2,1H3/t13-,14-,18+/m1/s1. The molecule has 128 valence electrons. The summed E-state index contributed by atoms with van der Waals surface area (Å²) in [6, 6.07) is 7.73. The minimum absolute atomic E-state index is 0.0582. The molecular weight excluding hydrogens is 296 g/mol. The quantitative estimate of drug-likeness (QED) is 0.745. The van der Waals surface area contributed by atoms with Gasteiger partial charge in [-0.25, -0.2) is 0 Å². The van der Waals surface area contributed by atoms with Crippen LogP contribution in [0.25, 0.3) is 0 Å². The Morgan fingerprint density at radius 1 is 1.17 bits per heavy atom. The Balaban J connectivity index is 1.65. The fourth-order valence-corrected chi connectivity index (χ4v) is 3.48. The molecule has 0 spiro atoms. The summed E-state index contributed by atoms with van der Waals surface area (Å²) in [5, 5.41) is 9.82. The van der Waals surface area contributed by atoms with Crippen LogP contribution in [0, 0.1) is 0 Å². The van der Waals surface area contributed by atoms with E-state index in [1.54, 1.807) is 7.11 Å². The van der Waals surface area contributed by atoms with Gasteiger partial charge in [-0.1, -0.05) is 18.2 Å². The second-order valence-corrected chi connectivity index (χ2v) is 6.24. The highest BCUT2D eigenvalue weighted by Gasteiger charge is 2.36. The second kappa shape index (κ2) is 8.11. The molecule has 3 rings (SSSR count). The van der Waals surface area contributed by atoms with Crippen molar-refractivity contribution in [3.05, 3.63) is 29.8 Å².